The first-order chi connectivity index (χ1) is 5.66. The van der Waals surface area contributed by atoms with Crippen LogP contribution in [0.3, 0.4) is 0 Å². The molecule has 0 fully saturated rings. The first-order valence-electron chi connectivity index (χ1n) is 3.46. The molecule has 0 spiro atoms. The van der Waals surface area contributed by atoms with Crippen LogP contribution in [0.15, 0.2) is 17.0 Å². The van der Waals surface area contributed by atoms with Gasteiger partial charge in [0, 0.05) is 4.90 Å². The van der Waals surface area contributed by atoms with Crippen LogP contribution in [0.25, 0.3) is 0 Å². The van der Waals surface area contributed by atoms with Gasteiger partial charge in [0.15, 0.2) is 11.6 Å². The van der Waals surface area contributed by atoms with Gasteiger partial charge in [-0.1, -0.05) is 0 Å². The Morgan fingerprint density at radius 3 is 2.58 bits per heavy atom. The normalized spacial score (nSPS) is 10.0. The second-order valence-electron chi connectivity index (χ2n) is 2.14. The van der Waals surface area contributed by atoms with Gasteiger partial charge in [0.25, 0.3) is 0 Å². The molecule has 4 heteroatoms. The Bertz CT molecular complexity index is 289. The van der Waals surface area contributed by atoms with E-state index in [2.05, 4.69) is 12.6 Å². The van der Waals surface area contributed by atoms with Crippen molar-refractivity contribution < 1.29 is 13.5 Å². The first kappa shape index (κ1) is 9.32. The molecule has 0 radical (unpaired) electrons. The fourth-order valence-corrected chi connectivity index (χ4v) is 0.961. The summed E-state index contributed by atoms with van der Waals surface area (Å²) in [5, 5.41) is 0. The fraction of sp³-hybridized carbons (Fsp3) is 0.250. The van der Waals surface area contributed by atoms with E-state index in [1.165, 1.54) is 12.1 Å². The van der Waals surface area contributed by atoms with E-state index in [-0.39, 0.29) is 10.6 Å². The number of benzene rings is 1. The summed E-state index contributed by atoms with van der Waals surface area (Å²) in [5.74, 6) is -2.03. The zero-order chi connectivity index (χ0) is 9.14. The zero-order valence-electron chi connectivity index (χ0n) is 6.47. The minimum Gasteiger partial charge on any atom is -0.491 e. The first-order valence-corrected chi connectivity index (χ1v) is 3.91. The largest absolute Gasteiger partial charge is 0.491 e. The Kier molecular flexibility index (Phi) is 2.92. The van der Waals surface area contributed by atoms with Gasteiger partial charge in [-0.25, -0.2) is 4.39 Å². The molecule has 0 saturated carbocycles. The number of rotatable bonds is 2. The van der Waals surface area contributed by atoms with Crippen LogP contribution in [0.4, 0.5) is 8.78 Å². The van der Waals surface area contributed by atoms with Crippen molar-refractivity contribution in [3.8, 4) is 5.75 Å². The Morgan fingerprint density at radius 1 is 1.33 bits per heavy atom. The van der Waals surface area contributed by atoms with Crippen molar-refractivity contribution in [2.75, 3.05) is 6.61 Å². The summed E-state index contributed by atoms with van der Waals surface area (Å²) in [6.45, 7) is 2.01. The van der Waals surface area contributed by atoms with Crippen molar-refractivity contribution in [3.63, 3.8) is 0 Å². The molecule has 0 saturated heterocycles. The molecule has 0 aliphatic rings. The summed E-state index contributed by atoms with van der Waals surface area (Å²) in [7, 11) is 0. The van der Waals surface area contributed by atoms with E-state index in [0.29, 0.717) is 6.61 Å². The number of hydrogen-bond donors (Lipinski definition) is 1. The van der Waals surface area contributed by atoms with E-state index < -0.39 is 11.6 Å². The van der Waals surface area contributed by atoms with Crippen molar-refractivity contribution in [2.45, 2.75) is 11.8 Å². The van der Waals surface area contributed by atoms with Gasteiger partial charge in [-0.05, 0) is 19.1 Å². The fourth-order valence-electron chi connectivity index (χ4n) is 0.789. The van der Waals surface area contributed by atoms with Crippen LogP contribution in [0.1, 0.15) is 6.92 Å². The molecule has 0 amide bonds. The van der Waals surface area contributed by atoms with Crippen LogP contribution in [-0.2, 0) is 0 Å². The van der Waals surface area contributed by atoms with Gasteiger partial charge in [-0.3, -0.25) is 0 Å². The van der Waals surface area contributed by atoms with Gasteiger partial charge in [0.05, 0.1) is 6.61 Å². The maximum absolute atomic E-state index is 12.9. The number of halogens is 2. The lowest BCUT2D eigenvalue weighted by Crippen LogP contribution is -1.97. The highest BCUT2D eigenvalue weighted by molar-refractivity contribution is 7.80. The van der Waals surface area contributed by atoms with E-state index in [0.717, 1.165) is 0 Å². The highest BCUT2D eigenvalue weighted by atomic mass is 32.1. The van der Waals surface area contributed by atoms with Gasteiger partial charge >= 0.3 is 0 Å². The van der Waals surface area contributed by atoms with Crippen molar-refractivity contribution in [1.82, 2.24) is 0 Å². The van der Waals surface area contributed by atoms with Gasteiger partial charge < -0.3 is 4.74 Å². The molecule has 1 aromatic rings. The molecule has 0 atom stereocenters. The van der Waals surface area contributed by atoms with Gasteiger partial charge in [0.2, 0.25) is 5.82 Å². The molecular formula is C8H8F2OS. The topological polar surface area (TPSA) is 9.23 Å². The summed E-state index contributed by atoms with van der Waals surface area (Å²) >= 11 is 3.71. The van der Waals surface area contributed by atoms with Crippen LogP contribution < -0.4 is 4.74 Å². The maximum atomic E-state index is 12.9. The molecule has 0 aromatic heterocycles. The van der Waals surface area contributed by atoms with E-state index in [4.69, 9.17) is 4.74 Å². The highest BCUT2D eigenvalue weighted by Gasteiger charge is 2.11. The van der Waals surface area contributed by atoms with Crippen LogP contribution >= 0.6 is 12.6 Å². The van der Waals surface area contributed by atoms with Gasteiger partial charge in [-0.15, -0.1) is 12.6 Å². The lowest BCUT2D eigenvalue weighted by molar-refractivity contribution is 0.312. The summed E-state index contributed by atoms with van der Waals surface area (Å²) in [5.41, 5.74) is 0. The minimum atomic E-state index is -0.982. The Hall–Kier alpha value is -0.770. The molecule has 1 rings (SSSR count). The molecule has 1 aromatic carbocycles. The van der Waals surface area contributed by atoms with E-state index >= 15 is 0 Å². The van der Waals surface area contributed by atoms with Crippen molar-refractivity contribution in [3.05, 3.63) is 23.8 Å². The quantitative estimate of drug-likeness (QED) is 0.705. The number of thiol groups is 1. The van der Waals surface area contributed by atoms with Crippen LogP contribution in [0.2, 0.25) is 0 Å². The second-order valence-corrected chi connectivity index (χ2v) is 2.63. The maximum Gasteiger partial charge on any atom is 0.201 e. The third kappa shape index (κ3) is 1.69. The number of ether oxygens (including phenoxy) is 1. The number of hydrogen-bond acceptors (Lipinski definition) is 2. The summed E-state index contributed by atoms with van der Waals surface area (Å²) < 4.78 is 30.5. The molecule has 1 nitrogen and oxygen atoms in total. The Balaban J connectivity index is 3.08. The second kappa shape index (κ2) is 3.76. The SMILES string of the molecule is CCOc1ccc(S)c(F)c1F. The molecule has 0 bridgehead atoms. The van der Waals surface area contributed by atoms with Crippen molar-refractivity contribution in [1.29, 1.82) is 0 Å². The monoisotopic (exact) mass is 190 g/mol. The summed E-state index contributed by atoms with van der Waals surface area (Å²) in [4.78, 5) is -0.0176. The average Bonchev–Trinajstić information content (AvgIpc) is 2.07. The smallest absolute Gasteiger partial charge is 0.201 e. The van der Waals surface area contributed by atoms with Gasteiger partial charge in [0.1, 0.15) is 0 Å². The highest BCUT2D eigenvalue weighted by Crippen LogP contribution is 2.24. The summed E-state index contributed by atoms with van der Waals surface area (Å²) in [6.07, 6.45) is 0. The lowest BCUT2D eigenvalue weighted by atomic mass is 10.3. The Morgan fingerprint density at radius 2 is 2.00 bits per heavy atom. The summed E-state index contributed by atoms with van der Waals surface area (Å²) in [6, 6.07) is 2.71. The molecule has 0 N–H and O–H groups in total. The van der Waals surface area contributed by atoms with Crippen molar-refractivity contribution in [2.24, 2.45) is 0 Å². The van der Waals surface area contributed by atoms with Crippen LogP contribution in [-0.4, -0.2) is 6.61 Å². The molecular weight excluding hydrogens is 182 g/mol. The minimum absolute atomic E-state index is 0.0176. The van der Waals surface area contributed by atoms with Crippen LogP contribution in [0, 0.1) is 11.6 Å². The van der Waals surface area contributed by atoms with E-state index in [1.807, 2.05) is 0 Å². The standard InChI is InChI=1S/C8H8F2OS/c1-2-11-5-3-4-6(12)8(10)7(5)9/h3-4,12H,2H2,1H3. The van der Waals surface area contributed by atoms with Crippen LogP contribution in [0.5, 0.6) is 5.75 Å². The lowest BCUT2D eigenvalue weighted by Gasteiger charge is -2.05. The predicted octanol–water partition coefficient (Wildman–Crippen LogP) is 2.65. The van der Waals surface area contributed by atoms with E-state index in [1.54, 1.807) is 6.92 Å². The van der Waals surface area contributed by atoms with Crippen molar-refractivity contribution >= 4 is 12.6 Å². The predicted molar refractivity (Wildman–Crippen MR) is 44.8 cm³/mol. The molecule has 0 heterocycles. The van der Waals surface area contributed by atoms with E-state index in [9.17, 15) is 8.78 Å². The zero-order valence-corrected chi connectivity index (χ0v) is 7.37. The molecule has 0 aliphatic heterocycles. The molecule has 12 heavy (non-hydrogen) atoms. The molecule has 0 unspecified atom stereocenters. The Labute approximate surface area is 74.8 Å². The molecule has 0 aliphatic carbocycles. The molecule has 66 valence electrons. The third-order valence-corrected chi connectivity index (χ3v) is 1.67. The average molecular weight is 190 g/mol. The van der Waals surface area contributed by atoms with Gasteiger partial charge in [-0.2, -0.15) is 4.39 Å². The third-order valence-electron chi connectivity index (χ3n) is 1.33.